The smallest absolute Gasteiger partial charge is 0.267 e. The van der Waals surface area contributed by atoms with E-state index in [2.05, 4.69) is 24.8 Å². The Hall–Kier alpha value is -4.31. The second-order valence-electron chi connectivity index (χ2n) is 8.12. The number of aromatic nitrogens is 5. The molecule has 3 aromatic heterocycles. The van der Waals surface area contributed by atoms with E-state index in [0.717, 1.165) is 27.5 Å². The molecule has 5 rings (SSSR count). The van der Waals surface area contributed by atoms with Crippen molar-refractivity contribution in [2.45, 2.75) is 18.7 Å². The average molecular weight is 487 g/mol. The first-order valence-electron chi connectivity index (χ1n) is 10.8. The van der Waals surface area contributed by atoms with Gasteiger partial charge in [-0.15, -0.1) is 0 Å². The van der Waals surface area contributed by atoms with E-state index in [0.29, 0.717) is 11.4 Å². The number of hydrogen-bond acceptors (Lipinski definition) is 7. The molecule has 0 aliphatic heterocycles. The van der Waals surface area contributed by atoms with E-state index in [9.17, 15) is 8.42 Å². The molecule has 2 aromatic carbocycles. The highest BCUT2D eigenvalue weighted by Gasteiger charge is 2.20. The van der Waals surface area contributed by atoms with Gasteiger partial charge in [0.15, 0.2) is 0 Å². The number of benzene rings is 2. The van der Waals surface area contributed by atoms with Gasteiger partial charge in [0.2, 0.25) is 11.8 Å². The van der Waals surface area contributed by atoms with Crippen molar-refractivity contribution in [3.8, 4) is 22.9 Å². The van der Waals surface area contributed by atoms with Gasteiger partial charge in [0.05, 0.1) is 11.9 Å². The zero-order chi connectivity index (χ0) is 24.6. The number of nitrogens with one attached hydrogen (secondary N) is 1. The van der Waals surface area contributed by atoms with E-state index in [1.54, 1.807) is 25.5 Å². The van der Waals surface area contributed by atoms with E-state index >= 15 is 0 Å². The van der Waals surface area contributed by atoms with Crippen LogP contribution in [-0.4, -0.2) is 33.2 Å². The number of pyridine rings is 1. The van der Waals surface area contributed by atoms with Crippen LogP contribution in [0.4, 0.5) is 5.95 Å². The van der Waals surface area contributed by atoms with Crippen LogP contribution in [0.5, 0.6) is 11.6 Å². The number of fused-ring (bicyclic) bond motifs is 1. The third-order valence-corrected chi connectivity index (χ3v) is 6.77. The first-order chi connectivity index (χ1) is 16.8. The van der Waals surface area contributed by atoms with Crippen molar-refractivity contribution in [2.24, 2.45) is 7.05 Å². The summed E-state index contributed by atoms with van der Waals surface area (Å²) in [5.41, 5.74) is 3.40. The Labute approximate surface area is 202 Å². The predicted octanol–water partition coefficient (Wildman–Crippen LogP) is 4.64. The molecule has 0 bridgehead atoms. The van der Waals surface area contributed by atoms with Gasteiger partial charge in [0, 0.05) is 42.7 Å². The van der Waals surface area contributed by atoms with Crippen LogP contribution in [0.25, 0.3) is 22.0 Å². The molecule has 9 nitrogen and oxygen atoms in total. The van der Waals surface area contributed by atoms with Crippen LogP contribution in [0.15, 0.2) is 78.2 Å². The zero-order valence-electron chi connectivity index (χ0n) is 19.3. The molecule has 0 fully saturated rings. The van der Waals surface area contributed by atoms with Crippen LogP contribution < -0.4 is 9.46 Å². The summed E-state index contributed by atoms with van der Waals surface area (Å²) < 4.78 is 35.8. The van der Waals surface area contributed by atoms with Crippen LogP contribution in [-0.2, 0) is 17.1 Å². The fraction of sp³-hybridized carbons (Fsp3) is 0.120. The van der Waals surface area contributed by atoms with Crippen molar-refractivity contribution >= 4 is 26.7 Å². The maximum atomic E-state index is 12.9. The molecule has 1 N–H and O–H groups in total. The second kappa shape index (κ2) is 8.80. The number of aryl methyl sites for hydroxylation is 3. The van der Waals surface area contributed by atoms with Crippen LogP contribution >= 0.6 is 0 Å². The summed E-state index contributed by atoms with van der Waals surface area (Å²) in [6.07, 6.45) is 6.14. The molecule has 0 unspecified atom stereocenters. The Kier molecular flexibility index (Phi) is 5.65. The fourth-order valence-corrected chi connectivity index (χ4v) is 4.76. The SMILES string of the molecule is Cc1cccc(C)c1-c1cc(Oc2ccc3ccncc3c2)nc(NS(=O)(=O)c2cnn(C)c2)n1. The van der Waals surface area contributed by atoms with E-state index in [-0.39, 0.29) is 16.7 Å². The van der Waals surface area contributed by atoms with Crippen molar-refractivity contribution in [3.05, 3.63) is 84.4 Å². The summed E-state index contributed by atoms with van der Waals surface area (Å²) in [6.45, 7) is 3.95. The lowest BCUT2D eigenvalue weighted by atomic mass is 10.00. The molecule has 0 aliphatic rings. The summed E-state index contributed by atoms with van der Waals surface area (Å²) in [7, 11) is -2.31. The summed E-state index contributed by atoms with van der Waals surface area (Å²) in [4.78, 5) is 13.0. The van der Waals surface area contributed by atoms with Crippen LogP contribution in [0, 0.1) is 13.8 Å². The Bertz CT molecular complexity index is 1640. The standard InChI is InChI=1S/C25H22N6O3S/c1-16-5-4-6-17(2)24(16)22-12-23(34-20-8-7-18-9-10-26-13-19(18)11-20)29-25(28-22)30-35(32,33)21-14-27-31(3)15-21/h4-15H,1-3H3,(H,28,29,30). The largest absolute Gasteiger partial charge is 0.439 e. The monoisotopic (exact) mass is 486 g/mol. The molecule has 0 amide bonds. The molecule has 0 radical (unpaired) electrons. The van der Waals surface area contributed by atoms with Gasteiger partial charge in [-0.2, -0.15) is 10.1 Å². The quantitative estimate of drug-likeness (QED) is 0.372. The van der Waals surface area contributed by atoms with Crippen molar-refractivity contribution in [2.75, 3.05) is 4.72 Å². The van der Waals surface area contributed by atoms with Gasteiger partial charge in [-0.3, -0.25) is 9.67 Å². The van der Waals surface area contributed by atoms with Gasteiger partial charge in [-0.05, 0) is 48.6 Å². The number of anilines is 1. The van der Waals surface area contributed by atoms with E-state index in [4.69, 9.17) is 4.74 Å². The van der Waals surface area contributed by atoms with E-state index < -0.39 is 10.0 Å². The molecular formula is C25H22N6O3S. The van der Waals surface area contributed by atoms with Gasteiger partial charge in [-0.1, -0.05) is 24.3 Å². The molecule has 176 valence electrons. The van der Waals surface area contributed by atoms with Crippen molar-refractivity contribution in [3.63, 3.8) is 0 Å². The minimum Gasteiger partial charge on any atom is -0.439 e. The lowest BCUT2D eigenvalue weighted by Gasteiger charge is -2.13. The van der Waals surface area contributed by atoms with Crippen LogP contribution in [0.1, 0.15) is 11.1 Å². The minimum atomic E-state index is -3.95. The van der Waals surface area contributed by atoms with E-state index in [1.165, 1.54) is 17.1 Å². The predicted molar refractivity (Wildman–Crippen MR) is 133 cm³/mol. The zero-order valence-corrected chi connectivity index (χ0v) is 20.1. The lowest BCUT2D eigenvalue weighted by molar-refractivity contribution is 0.463. The molecular weight excluding hydrogens is 464 g/mol. The summed E-state index contributed by atoms with van der Waals surface area (Å²) in [5, 5.41) is 5.87. The molecule has 0 saturated carbocycles. The molecule has 10 heteroatoms. The topological polar surface area (TPSA) is 112 Å². The second-order valence-corrected chi connectivity index (χ2v) is 9.81. The fourth-order valence-electron chi connectivity index (χ4n) is 3.83. The number of rotatable bonds is 6. The molecule has 0 aliphatic carbocycles. The Balaban J connectivity index is 1.59. The highest BCUT2D eigenvalue weighted by Crippen LogP contribution is 2.31. The molecule has 35 heavy (non-hydrogen) atoms. The third kappa shape index (κ3) is 4.69. The van der Waals surface area contributed by atoms with Crippen LogP contribution in [0.2, 0.25) is 0 Å². The van der Waals surface area contributed by atoms with Gasteiger partial charge in [0.1, 0.15) is 10.6 Å². The third-order valence-electron chi connectivity index (χ3n) is 5.49. The molecule has 5 aromatic rings. The molecule has 0 atom stereocenters. The molecule has 0 saturated heterocycles. The first kappa shape index (κ1) is 22.5. The van der Waals surface area contributed by atoms with Crippen molar-refractivity contribution in [1.82, 2.24) is 24.7 Å². The number of ether oxygens (including phenoxy) is 1. The van der Waals surface area contributed by atoms with Crippen molar-refractivity contribution in [1.29, 1.82) is 0 Å². The highest BCUT2D eigenvalue weighted by atomic mass is 32.2. The Morgan fingerprint density at radius 1 is 0.943 bits per heavy atom. The normalized spacial score (nSPS) is 11.5. The van der Waals surface area contributed by atoms with Gasteiger partial charge >= 0.3 is 0 Å². The minimum absolute atomic E-state index is 0.00516. The summed E-state index contributed by atoms with van der Waals surface area (Å²) >= 11 is 0. The maximum absolute atomic E-state index is 12.9. The summed E-state index contributed by atoms with van der Waals surface area (Å²) in [6, 6.07) is 15.1. The molecule has 3 heterocycles. The van der Waals surface area contributed by atoms with E-state index in [1.807, 2.05) is 56.3 Å². The number of sulfonamides is 1. The summed E-state index contributed by atoms with van der Waals surface area (Å²) in [5.74, 6) is 0.633. The highest BCUT2D eigenvalue weighted by molar-refractivity contribution is 7.92. The maximum Gasteiger partial charge on any atom is 0.267 e. The Morgan fingerprint density at radius 3 is 2.49 bits per heavy atom. The lowest BCUT2D eigenvalue weighted by Crippen LogP contribution is -2.15. The number of nitrogens with zero attached hydrogens (tertiary/aromatic N) is 5. The first-order valence-corrected chi connectivity index (χ1v) is 12.3. The van der Waals surface area contributed by atoms with Crippen molar-refractivity contribution < 1.29 is 13.2 Å². The Morgan fingerprint density at radius 2 is 1.74 bits per heavy atom. The van der Waals surface area contributed by atoms with Gasteiger partial charge in [-0.25, -0.2) is 18.1 Å². The average Bonchev–Trinajstić information content (AvgIpc) is 3.26. The van der Waals surface area contributed by atoms with Crippen LogP contribution in [0.3, 0.4) is 0 Å². The number of hydrogen-bond donors (Lipinski definition) is 1. The molecule has 0 spiro atoms. The van der Waals surface area contributed by atoms with Gasteiger partial charge < -0.3 is 4.74 Å². The van der Waals surface area contributed by atoms with Gasteiger partial charge in [0.25, 0.3) is 10.0 Å².